The van der Waals surface area contributed by atoms with Crippen LogP contribution in [0.5, 0.6) is 0 Å². The molecule has 1 aliphatic rings. The number of benzene rings is 1. The van der Waals surface area contributed by atoms with Gasteiger partial charge in [-0.3, -0.25) is 9.89 Å². The van der Waals surface area contributed by atoms with Crippen LogP contribution in [0.15, 0.2) is 24.3 Å². The molecule has 2 heterocycles. The number of hydrogen-bond acceptors (Lipinski definition) is 3. The van der Waals surface area contributed by atoms with E-state index in [2.05, 4.69) is 34.5 Å². The van der Waals surface area contributed by atoms with Crippen molar-refractivity contribution in [3.8, 4) is 0 Å². The van der Waals surface area contributed by atoms with Crippen LogP contribution in [-0.2, 0) is 17.8 Å². The van der Waals surface area contributed by atoms with Crippen molar-refractivity contribution in [1.29, 1.82) is 0 Å². The van der Waals surface area contributed by atoms with E-state index >= 15 is 0 Å². The van der Waals surface area contributed by atoms with Crippen LogP contribution in [0.1, 0.15) is 39.0 Å². The topological polar surface area (TPSA) is 81.0 Å². The van der Waals surface area contributed by atoms with Crippen LogP contribution in [0.4, 0.5) is 0 Å². The number of aromatic nitrogens is 2. The summed E-state index contributed by atoms with van der Waals surface area (Å²) in [6.07, 6.45) is 0.566. The number of aryl methyl sites for hydroxylation is 1. The van der Waals surface area contributed by atoms with Gasteiger partial charge in [-0.05, 0) is 12.5 Å². The SMILES string of the molecule is Cc1ccc(C2Cc3c(C(N)=O)n[nH]c3CO2)cc1. The molecule has 19 heavy (non-hydrogen) atoms. The van der Waals surface area contributed by atoms with Gasteiger partial charge in [-0.2, -0.15) is 5.10 Å². The van der Waals surface area contributed by atoms with Gasteiger partial charge in [0.1, 0.15) is 0 Å². The van der Waals surface area contributed by atoms with E-state index in [1.807, 2.05) is 6.92 Å². The number of carbonyl (C=O) groups is 1. The summed E-state index contributed by atoms with van der Waals surface area (Å²) in [5.41, 5.74) is 9.69. The number of amides is 1. The largest absolute Gasteiger partial charge is 0.367 e. The Hall–Kier alpha value is -2.14. The third kappa shape index (κ3) is 2.13. The van der Waals surface area contributed by atoms with Crippen molar-refractivity contribution in [2.24, 2.45) is 5.73 Å². The lowest BCUT2D eigenvalue weighted by molar-refractivity contribution is 0.0254. The molecule has 0 saturated heterocycles. The number of nitrogens with zero attached hydrogens (tertiary/aromatic N) is 1. The number of ether oxygens (including phenoxy) is 1. The molecule has 1 aromatic heterocycles. The molecule has 3 rings (SSSR count). The molecule has 0 bridgehead atoms. The maximum absolute atomic E-state index is 11.3. The van der Waals surface area contributed by atoms with Gasteiger partial charge >= 0.3 is 0 Å². The third-order valence-corrected chi connectivity index (χ3v) is 3.45. The zero-order chi connectivity index (χ0) is 13.4. The zero-order valence-electron chi connectivity index (χ0n) is 10.6. The number of nitrogens with two attached hydrogens (primary N) is 1. The van der Waals surface area contributed by atoms with Crippen LogP contribution in [0.2, 0.25) is 0 Å². The summed E-state index contributed by atoms with van der Waals surface area (Å²) in [4.78, 5) is 11.3. The lowest BCUT2D eigenvalue weighted by Crippen LogP contribution is -2.19. The first-order chi connectivity index (χ1) is 9.15. The highest BCUT2D eigenvalue weighted by atomic mass is 16.5. The summed E-state index contributed by atoms with van der Waals surface area (Å²) in [6.45, 7) is 2.47. The number of H-pyrrole nitrogens is 1. The number of fused-ring (bicyclic) bond motifs is 1. The standard InChI is InChI=1S/C14H15N3O2/c1-8-2-4-9(5-3-8)12-6-10-11(7-19-12)16-17-13(10)14(15)18/h2-5,12H,6-7H2,1H3,(H2,15,18)(H,16,17). The predicted octanol–water partition coefficient (Wildman–Crippen LogP) is 1.63. The van der Waals surface area contributed by atoms with Crippen molar-refractivity contribution in [3.05, 3.63) is 52.3 Å². The molecule has 1 unspecified atom stereocenters. The Morgan fingerprint density at radius 3 is 2.84 bits per heavy atom. The maximum Gasteiger partial charge on any atom is 0.269 e. The first kappa shape index (κ1) is 11.9. The van der Waals surface area contributed by atoms with Gasteiger partial charge in [-0.15, -0.1) is 0 Å². The van der Waals surface area contributed by atoms with Crippen molar-refractivity contribution in [2.45, 2.75) is 26.1 Å². The normalized spacial score (nSPS) is 18.1. The average Bonchev–Trinajstić information content (AvgIpc) is 2.82. The van der Waals surface area contributed by atoms with Gasteiger partial charge in [0, 0.05) is 12.0 Å². The highest BCUT2D eigenvalue weighted by Gasteiger charge is 2.27. The van der Waals surface area contributed by atoms with Gasteiger partial charge in [0.05, 0.1) is 18.4 Å². The molecule has 0 saturated carbocycles. The summed E-state index contributed by atoms with van der Waals surface area (Å²) in [7, 11) is 0. The highest BCUT2D eigenvalue weighted by molar-refractivity contribution is 5.92. The van der Waals surface area contributed by atoms with Crippen molar-refractivity contribution < 1.29 is 9.53 Å². The van der Waals surface area contributed by atoms with E-state index in [1.54, 1.807) is 0 Å². The Morgan fingerprint density at radius 1 is 1.42 bits per heavy atom. The molecule has 0 radical (unpaired) electrons. The average molecular weight is 257 g/mol. The maximum atomic E-state index is 11.3. The van der Waals surface area contributed by atoms with Crippen molar-refractivity contribution in [2.75, 3.05) is 0 Å². The molecule has 5 heteroatoms. The lowest BCUT2D eigenvalue weighted by atomic mass is 9.96. The Balaban J connectivity index is 1.90. The van der Waals surface area contributed by atoms with E-state index in [4.69, 9.17) is 10.5 Å². The minimum Gasteiger partial charge on any atom is -0.367 e. The van der Waals surface area contributed by atoms with Crippen molar-refractivity contribution in [1.82, 2.24) is 10.2 Å². The van der Waals surface area contributed by atoms with Crippen LogP contribution in [0, 0.1) is 6.92 Å². The summed E-state index contributed by atoms with van der Waals surface area (Å²) < 4.78 is 5.80. The second-order valence-electron chi connectivity index (χ2n) is 4.81. The Morgan fingerprint density at radius 2 is 2.16 bits per heavy atom. The minimum absolute atomic E-state index is 0.0520. The van der Waals surface area contributed by atoms with Crippen LogP contribution < -0.4 is 5.73 Å². The zero-order valence-corrected chi connectivity index (χ0v) is 10.6. The fraction of sp³-hybridized carbons (Fsp3) is 0.286. The van der Waals surface area contributed by atoms with E-state index in [0.29, 0.717) is 18.7 Å². The predicted molar refractivity (Wildman–Crippen MR) is 69.5 cm³/mol. The minimum atomic E-state index is -0.498. The molecule has 1 atom stereocenters. The van der Waals surface area contributed by atoms with Crippen molar-refractivity contribution >= 4 is 5.91 Å². The lowest BCUT2D eigenvalue weighted by Gasteiger charge is -2.23. The van der Waals surface area contributed by atoms with Gasteiger partial charge in [-0.1, -0.05) is 29.8 Å². The van der Waals surface area contributed by atoms with Crippen LogP contribution in [0.3, 0.4) is 0 Å². The second-order valence-corrected chi connectivity index (χ2v) is 4.81. The number of nitrogens with one attached hydrogen (secondary N) is 1. The molecule has 0 spiro atoms. The first-order valence-electron chi connectivity index (χ1n) is 6.19. The Kier molecular flexibility index (Phi) is 2.83. The third-order valence-electron chi connectivity index (χ3n) is 3.45. The monoisotopic (exact) mass is 257 g/mol. The molecule has 1 amide bonds. The number of aromatic amines is 1. The number of rotatable bonds is 2. The molecule has 0 fully saturated rings. The summed E-state index contributed by atoms with van der Waals surface area (Å²) in [6, 6.07) is 8.21. The molecular formula is C14H15N3O2. The van der Waals surface area contributed by atoms with E-state index in [-0.39, 0.29) is 6.10 Å². The van der Waals surface area contributed by atoms with Crippen LogP contribution in [-0.4, -0.2) is 16.1 Å². The number of hydrogen-bond donors (Lipinski definition) is 2. The smallest absolute Gasteiger partial charge is 0.269 e. The molecular weight excluding hydrogens is 242 g/mol. The van der Waals surface area contributed by atoms with Gasteiger partial charge in [-0.25, -0.2) is 0 Å². The fourth-order valence-corrected chi connectivity index (χ4v) is 2.37. The van der Waals surface area contributed by atoms with Gasteiger partial charge in [0.15, 0.2) is 5.69 Å². The molecule has 0 aliphatic carbocycles. The molecule has 1 aliphatic heterocycles. The van der Waals surface area contributed by atoms with E-state index < -0.39 is 5.91 Å². The van der Waals surface area contributed by atoms with Gasteiger partial charge in [0.25, 0.3) is 5.91 Å². The van der Waals surface area contributed by atoms with Crippen LogP contribution in [0.25, 0.3) is 0 Å². The Bertz CT molecular complexity index is 616. The highest BCUT2D eigenvalue weighted by Crippen LogP contribution is 2.31. The summed E-state index contributed by atoms with van der Waals surface area (Å²) in [5, 5.41) is 6.77. The summed E-state index contributed by atoms with van der Waals surface area (Å²) >= 11 is 0. The molecule has 1 aromatic carbocycles. The molecule has 5 nitrogen and oxygen atoms in total. The van der Waals surface area contributed by atoms with Crippen molar-refractivity contribution in [3.63, 3.8) is 0 Å². The van der Waals surface area contributed by atoms with Gasteiger partial charge in [0.2, 0.25) is 0 Å². The molecule has 98 valence electrons. The number of primary amides is 1. The molecule has 2 aromatic rings. The number of carbonyl (C=O) groups excluding carboxylic acids is 1. The fourth-order valence-electron chi connectivity index (χ4n) is 2.37. The molecule has 3 N–H and O–H groups in total. The second kappa shape index (κ2) is 4.51. The van der Waals surface area contributed by atoms with E-state index in [0.717, 1.165) is 16.8 Å². The quantitative estimate of drug-likeness (QED) is 0.858. The van der Waals surface area contributed by atoms with E-state index in [9.17, 15) is 4.79 Å². The Labute approximate surface area is 110 Å². The summed E-state index contributed by atoms with van der Waals surface area (Å²) in [5.74, 6) is -0.498. The van der Waals surface area contributed by atoms with Crippen LogP contribution >= 0.6 is 0 Å². The van der Waals surface area contributed by atoms with E-state index in [1.165, 1.54) is 5.56 Å². The first-order valence-corrected chi connectivity index (χ1v) is 6.19. The van der Waals surface area contributed by atoms with Gasteiger partial charge < -0.3 is 10.5 Å².